The zero-order chi connectivity index (χ0) is 35.2. The van der Waals surface area contributed by atoms with Crippen LogP contribution in [0.2, 0.25) is 0 Å². The van der Waals surface area contributed by atoms with Crippen molar-refractivity contribution in [2.24, 2.45) is 5.92 Å². The number of ether oxygens (including phenoxy) is 1. The molecule has 3 aromatic rings. The number of aliphatic hydroxyl groups excluding tert-OH is 1. The molecule has 2 heterocycles. The van der Waals surface area contributed by atoms with Gasteiger partial charge in [0.05, 0.1) is 23.9 Å². The van der Waals surface area contributed by atoms with Crippen molar-refractivity contribution in [3.63, 3.8) is 0 Å². The second-order valence-corrected chi connectivity index (χ2v) is 15.8. The van der Waals surface area contributed by atoms with Crippen LogP contribution >= 0.6 is 0 Å². The van der Waals surface area contributed by atoms with E-state index in [0.29, 0.717) is 32.6 Å². The molecule has 2 amide bonds. The quantitative estimate of drug-likeness (QED) is 0.257. The zero-order valence-corrected chi connectivity index (χ0v) is 30.1. The predicted molar refractivity (Wildman–Crippen MR) is 193 cm³/mol. The van der Waals surface area contributed by atoms with Crippen molar-refractivity contribution in [1.82, 2.24) is 25.4 Å². The third kappa shape index (κ3) is 10.7. The summed E-state index contributed by atoms with van der Waals surface area (Å²) in [5.74, 6) is -0.636. The molecule has 1 aromatic heterocycles. The van der Waals surface area contributed by atoms with Gasteiger partial charge < -0.3 is 20.5 Å². The number of hydrogen-bond acceptors (Lipinski definition) is 7. The summed E-state index contributed by atoms with van der Waals surface area (Å²) in [6.07, 6.45) is 4.12. The average Bonchev–Trinajstić information content (AvgIpc) is 3.36. The molecule has 1 saturated heterocycles. The first-order valence-corrected chi connectivity index (χ1v) is 17.7. The van der Waals surface area contributed by atoms with Gasteiger partial charge in [0, 0.05) is 63.0 Å². The molecule has 1 aliphatic carbocycles. The van der Waals surface area contributed by atoms with Crippen LogP contribution in [0.5, 0.6) is 0 Å². The SMILES string of the molecule is CC(C)(C)NC(=O)[C@@H]1CN(Cc2cccnc2)CCN1C[C@@H](O)C[C@@H](Cc1ccccc1)C(=O)N[C@H]1c2ccccc2C[C@H]1OC(C)(C)C. The van der Waals surface area contributed by atoms with E-state index in [1.54, 1.807) is 6.20 Å². The van der Waals surface area contributed by atoms with Gasteiger partial charge in [0.2, 0.25) is 11.8 Å². The Labute approximate surface area is 292 Å². The molecule has 1 aliphatic heterocycles. The Bertz CT molecular complexity index is 1520. The Morgan fingerprint density at radius 3 is 2.37 bits per heavy atom. The summed E-state index contributed by atoms with van der Waals surface area (Å²) in [4.78, 5) is 36.5. The van der Waals surface area contributed by atoms with E-state index in [4.69, 9.17) is 4.74 Å². The molecular weight excluding hydrogens is 614 g/mol. The zero-order valence-electron chi connectivity index (χ0n) is 30.1. The lowest BCUT2D eigenvalue weighted by atomic mass is 9.91. The van der Waals surface area contributed by atoms with E-state index < -0.39 is 18.1 Å². The van der Waals surface area contributed by atoms with Crippen molar-refractivity contribution < 1.29 is 19.4 Å². The lowest BCUT2D eigenvalue weighted by molar-refractivity contribution is -0.133. The molecule has 49 heavy (non-hydrogen) atoms. The maximum Gasteiger partial charge on any atom is 0.239 e. The van der Waals surface area contributed by atoms with Gasteiger partial charge in [0.15, 0.2) is 0 Å². The van der Waals surface area contributed by atoms with Crippen molar-refractivity contribution in [2.45, 2.75) is 103 Å². The van der Waals surface area contributed by atoms with Gasteiger partial charge >= 0.3 is 0 Å². The van der Waals surface area contributed by atoms with Crippen LogP contribution in [0.1, 0.15) is 76.3 Å². The van der Waals surface area contributed by atoms with E-state index in [1.165, 1.54) is 5.56 Å². The number of carbonyl (C=O) groups is 2. The number of piperazine rings is 1. The lowest BCUT2D eigenvalue weighted by Gasteiger charge is -2.42. The first kappa shape index (κ1) is 36.6. The number of nitrogens with zero attached hydrogens (tertiary/aromatic N) is 3. The molecule has 1 fully saturated rings. The van der Waals surface area contributed by atoms with Gasteiger partial charge in [-0.25, -0.2) is 0 Å². The number of hydrogen-bond donors (Lipinski definition) is 3. The molecule has 0 bridgehead atoms. The smallest absolute Gasteiger partial charge is 0.239 e. The maximum atomic E-state index is 14.2. The number of fused-ring (bicyclic) bond motifs is 1. The largest absolute Gasteiger partial charge is 0.392 e. The van der Waals surface area contributed by atoms with Crippen LogP contribution in [0.3, 0.4) is 0 Å². The maximum absolute atomic E-state index is 14.2. The number of rotatable bonds is 12. The molecule has 9 nitrogen and oxygen atoms in total. The Morgan fingerprint density at radius 2 is 1.67 bits per heavy atom. The minimum Gasteiger partial charge on any atom is -0.392 e. The van der Waals surface area contributed by atoms with E-state index in [-0.39, 0.29) is 41.5 Å². The summed E-state index contributed by atoms with van der Waals surface area (Å²) in [6, 6.07) is 21.4. The molecule has 264 valence electrons. The van der Waals surface area contributed by atoms with Crippen molar-refractivity contribution in [2.75, 3.05) is 26.2 Å². The summed E-state index contributed by atoms with van der Waals surface area (Å²) in [5.41, 5.74) is 3.65. The summed E-state index contributed by atoms with van der Waals surface area (Å²) in [7, 11) is 0. The second kappa shape index (κ2) is 15.9. The molecule has 0 saturated carbocycles. The predicted octanol–water partition coefficient (Wildman–Crippen LogP) is 4.69. The first-order chi connectivity index (χ1) is 23.2. The van der Waals surface area contributed by atoms with Crippen LogP contribution in [0.15, 0.2) is 79.1 Å². The highest BCUT2D eigenvalue weighted by molar-refractivity contribution is 5.83. The second-order valence-electron chi connectivity index (χ2n) is 15.8. The van der Waals surface area contributed by atoms with Crippen LogP contribution in [-0.2, 0) is 33.7 Å². The topological polar surface area (TPSA) is 107 Å². The lowest BCUT2D eigenvalue weighted by Crippen LogP contribution is -2.61. The highest BCUT2D eigenvalue weighted by Gasteiger charge is 2.39. The number of β-amino-alcohol motifs (C(OH)–C–C–N with tert-alkyl or cyclic N) is 1. The Hall–Kier alpha value is -3.63. The molecule has 3 N–H and O–H groups in total. The fourth-order valence-corrected chi connectivity index (χ4v) is 7.11. The molecule has 2 aliphatic rings. The number of carbonyl (C=O) groups excluding carboxylic acids is 2. The van der Waals surface area contributed by atoms with Crippen LogP contribution in [-0.4, -0.2) is 87.3 Å². The number of pyridine rings is 1. The van der Waals surface area contributed by atoms with Gasteiger partial charge in [-0.05, 0) is 82.7 Å². The van der Waals surface area contributed by atoms with Crippen LogP contribution < -0.4 is 10.6 Å². The molecule has 0 spiro atoms. The van der Waals surface area contributed by atoms with Crippen molar-refractivity contribution in [1.29, 1.82) is 0 Å². The molecule has 0 radical (unpaired) electrons. The van der Waals surface area contributed by atoms with Gasteiger partial charge in [-0.15, -0.1) is 0 Å². The van der Waals surface area contributed by atoms with E-state index >= 15 is 0 Å². The summed E-state index contributed by atoms with van der Waals surface area (Å²) >= 11 is 0. The summed E-state index contributed by atoms with van der Waals surface area (Å²) < 4.78 is 6.47. The molecular formula is C40H55N5O4. The fourth-order valence-electron chi connectivity index (χ4n) is 7.11. The van der Waals surface area contributed by atoms with Crippen LogP contribution in [0, 0.1) is 5.92 Å². The van der Waals surface area contributed by atoms with E-state index in [2.05, 4.69) is 37.6 Å². The van der Waals surface area contributed by atoms with Crippen molar-refractivity contribution in [3.05, 3.63) is 101 Å². The third-order valence-electron chi connectivity index (χ3n) is 9.19. The Kier molecular flexibility index (Phi) is 11.9. The third-order valence-corrected chi connectivity index (χ3v) is 9.19. The van der Waals surface area contributed by atoms with Crippen molar-refractivity contribution in [3.8, 4) is 0 Å². The van der Waals surface area contributed by atoms with E-state index in [1.807, 2.05) is 102 Å². The number of amides is 2. The average molecular weight is 670 g/mol. The monoisotopic (exact) mass is 669 g/mol. The van der Waals surface area contributed by atoms with E-state index in [0.717, 1.165) is 29.7 Å². The molecule has 5 rings (SSSR count). The van der Waals surface area contributed by atoms with Gasteiger partial charge in [-0.1, -0.05) is 60.7 Å². The van der Waals surface area contributed by atoms with Crippen LogP contribution in [0.4, 0.5) is 0 Å². The molecule has 0 unspecified atom stereocenters. The van der Waals surface area contributed by atoms with Gasteiger partial charge in [0.1, 0.15) is 6.04 Å². The number of nitrogens with one attached hydrogen (secondary N) is 2. The summed E-state index contributed by atoms with van der Waals surface area (Å²) in [5, 5.41) is 18.2. The summed E-state index contributed by atoms with van der Waals surface area (Å²) in [6.45, 7) is 15.0. The fraction of sp³-hybridized carbons (Fsp3) is 0.525. The number of aromatic nitrogens is 1. The van der Waals surface area contributed by atoms with E-state index in [9.17, 15) is 14.7 Å². The number of benzene rings is 2. The Morgan fingerprint density at radius 1 is 0.959 bits per heavy atom. The number of aliphatic hydroxyl groups is 1. The van der Waals surface area contributed by atoms with Gasteiger partial charge in [0.25, 0.3) is 0 Å². The minimum absolute atomic E-state index is 0.0565. The van der Waals surface area contributed by atoms with Crippen molar-refractivity contribution >= 4 is 11.8 Å². The molecule has 9 heteroatoms. The standard InChI is InChI=1S/C40H55N5O4/c1-39(2,3)43-38(48)34-27-44(25-29-15-12-18-41-24-29)19-20-45(34)26-32(46)22-31(21-28-13-8-7-9-14-28)37(47)42-36-33-17-11-10-16-30(33)23-35(36)49-40(4,5)6/h7-18,24,31-32,34-36,46H,19-23,25-27H2,1-6H3,(H,42,47)(H,43,48)/t31-,32+,34+,35-,36+/m1/s1. The molecule has 2 aromatic carbocycles. The highest BCUT2D eigenvalue weighted by Crippen LogP contribution is 2.36. The van der Waals surface area contributed by atoms with Crippen LogP contribution in [0.25, 0.3) is 0 Å². The first-order valence-electron chi connectivity index (χ1n) is 17.7. The van der Waals surface area contributed by atoms with Gasteiger partial charge in [-0.3, -0.25) is 24.4 Å². The highest BCUT2D eigenvalue weighted by atomic mass is 16.5. The molecule has 5 atom stereocenters. The van der Waals surface area contributed by atoms with Gasteiger partial charge in [-0.2, -0.15) is 0 Å². The normalized spacial score (nSPS) is 21.5. The minimum atomic E-state index is -0.813. The Balaban J connectivity index is 1.31.